The Morgan fingerprint density at radius 3 is 2.75 bits per heavy atom. The highest BCUT2D eigenvalue weighted by molar-refractivity contribution is 6.02. The maximum atomic E-state index is 12.1. The molecule has 0 unspecified atom stereocenters. The van der Waals surface area contributed by atoms with Crippen molar-refractivity contribution in [1.82, 2.24) is 4.90 Å². The van der Waals surface area contributed by atoms with Crippen LogP contribution in [0.2, 0.25) is 0 Å². The average molecular weight is 274 g/mol. The van der Waals surface area contributed by atoms with Crippen LogP contribution < -0.4 is 4.90 Å². The molecule has 0 aliphatic carbocycles. The lowest BCUT2D eigenvalue weighted by Crippen LogP contribution is -2.29. The molecule has 2 amide bonds. The smallest absolute Gasteiger partial charge is 0.323 e. The summed E-state index contributed by atoms with van der Waals surface area (Å²) in [5, 5.41) is 8.79. The van der Waals surface area contributed by atoms with E-state index in [0.29, 0.717) is 25.1 Å². The van der Waals surface area contributed by atoms with E-state index in [1.54, 1.807) is 17.0 Å². The molecule has 0 spiro atoms. The first-order valence-electron chi connectivity index (χ1n) is 6.50. The van der Waals surface area contributed by atoms with Crippen LogP contribution in [0.15, 0.2) is 18.2 Å². The van der Waals surface area contributed by atoms with Crippen molar-refractivity contribution in [3.05, 3.63) is 29.3 Å². The van der Waals surface area contributed by atoms with Crippen LogP contribution in [-0.4, -0.2) is 40.9 Å². The quantitative estimate of drug-likeness (QED) is 0.886. The van der Waals surface area contributed by atoms with Gasteiger partial charge in [-0.05, 0) is 24.1 Å². The zero-order chi connectivity index (χ0) is 14.3. The molecule has 2 heterocycles. The zero-order valence-corrected chi connectivity index (χ0v) is 10.8. The van der Waals surface area contributed by atoms with E-state index in [1.807, 2.05) is 6.07 Å². The van der Waals surface area contributed by atoms with E-state index in [0.717, 1.165) is 17.7 Å². The van der Waals surface area contributed by atoms with Gasteiger partial charge in [0.05, 0.1) is 0 Å². The Bertz CT molecular complexity index is 611. The summed E-state index contributed by atoms with van der Waals surface area (Å²) in [5.74, 6) is -1.24. The average Bonchev–Trinajstić information content (AvgIpc) is 2.94. The van der Waals surface area contributed by atoms with Crippen molar-refractivity contribution in [3.63, 3.8) is 0 Å². The highest BCUT2D eigenvalue weighted by Gasteiger charge is 2.30. The molecular formula is C14H14N2O4. The highest BCUT2D eigenvalue weighted by Crippen LogP contribution is 2.29. The number of anilines is 1. The number of carbonyl (C=O) groups excluding carboxylic acids is 2. The Kier molecular flexibility index (Phi) is 2.93. The first-order chi connectivity index (χ1) is 9.56. The number of carboxylic acid groups (broad SMARTS) is 1. The van der Waals surface area contributed by atoms with Crippen LogP contribution in [0.1, 0.15) is 28.8 Å². The van der Waals surface area contributed by atoms with Crippen LogP contribution in [0, 0.1) is 0 Å². The lowest BCUT2D eigenvalue weighted by atomic mass is 10.1. The Balaban J connectivity index is 1.88. The van der Waals surface area contributed by atoms with Gasteiger partial charge >= 0.3 is 5.97 Å². The minimum atomic E-state index is -1.03. The van der Waals surface area contributed by atoms with Crippen molar-refractivity contribution in [3.8, 4) is 0 Å². The summed E-state index contributed by atoms with van der Waals surface area (Å²) in [6.07, 6.45) is 1.37. The van der Waals surface area contributed by atoms with Crippen LogP contribution in [0.3, 0.4) is 0 Å². The molecule has 0 aromatic heterocycles. The second-order valence-corrected chi connectivity index (χ2v) is 5.05. The molecule has 0 bridgehead atoms. The zero-order valence-electron chi connectivity index (χ0n) is 10.8. The third-order valence-electron chi connectivity index (χ3n) is 3.68. The number of carboxylic acids is 1. The third-order valence-corrected chi connectivity index (χ3v) is 3.68. The minimum Gasteiger partial charge on any atom is -0.480 e. The number of carbonyl (C=O) groups is 3. The Labute approximate surface area is 115 Å². The molecule has 3 rings (SSSR count). The van der Waals surface area contributed by atoms with Gasteiger partial charge in [-0.1, -0.05) is 6.07 Å². The number of rotatable bonds is 3. The van der Waals surface area contributed by atoms with E-state index in [-0.39, 0.29) is 18.4 Å². The fourth-order valence-corrected chi connectivity index (χ4v) is 2.73. The van der Waals surface area contributed by atoms with Crippen LogP contribution >= 0.6 is 0 Å². The molecule has 1 saturated heterocycles. The van der Waals surface area contributed by atoms with Gasteiger partial charge in [0.2, 0.25) is 5.91 Å². The van der Waals surface area contributed by atoms with Gasteiger partial charge < -0.3 is 14.9 Å². The van der Waals surface area contributed by atoms with Gasteiger partial charge in [-0.3, -0.25) is 14.4 Å². The summed E-state index contributed by atoms with van der Waals surface area (Å²) in [5.41, 5.74) is 2.03. The standard InChI is InChI=1S/C14H14N2O4/c17-12-2-1-5-16(12)10-4-3-9-7-15(8-13(18)19)14(20)11(9)6-10/h3-4,6H,1-2,5,7-8H2,(H,18,19). The number of hydrogen-bond acceptors (Lipinski definition) is 3. The van der Waals surface area contributed by atoms with E-state index < -0.39 is 5.97 Å². The summed E-state index contributed by atoms with van der Waals surface area (Å²) in [4.78, 5) is 37.6. The highest BCUT2D eigenvalue weighted by atomic mass is 16.4. The second-order valence-electron chi connectivity index (χ2n) is 5.05. The van der Waals surface area contributed by atoms with Gasteiger partial charge in [0.1, 0.15) is 6.54 Å². The molecule has 2 aliphatic heterocycles. The van der Waals surface area contributed by atoms with Crippen LogP contribution in [0.4, 0.5) is 5.69 Å². The van der Waals surface area contributed by atoms with Crippen molar-refractivity contribution in [1.29, 1.82) is 0 Å². The lowest BCUT2D eigenvalue weighted by Gasteiger charge is -2.16. The monoisotopic (exact) mass is 274 g/mol. The summed E-state index contributed by atoms with van der Waals surface area (Å²) >= 11 is 0. The molecule has 2 aliphatic rings. The molecule has 1 aromatic rings. The molecule has 6 heteroatoms. The molecule has 6 nitrogen and oxygen atoms in total. The molecule has 1 fully saturated rings. The molecule has 1 aromatic carbocycles. The van der Waals surface area contributed by atoms with Crippen molar-refractivity contribution < 1.29 is 19.5 Å². The first kappa shape index (κ1) is 12.7. The Morgan fingerprint density at radius 1 is 1.30 bits per heavy atom. The van der Waals surface area contributed by atoms with E-state index in [1.165, 1.54) is 4.90 Å². The Hall–Kier alpha value is -2.37. The van der Waals surface area contributed by atoms with Gasteiger partial charge in [0.25, 0.3) is 5.91 Å². The topological polar surface area (TPSA) is 77.9 Å². The number of fused-ring (bicyclic) bond motifs is 1. The van der Waals surface area contributed by atoms with Crippen molar-refractivity contribution in [2.75, 3.05) is 18.0 Å². The van der Waals surface area contributed by atoms with Crippen molar-refractivity contribution >= 4 is 23.5 Å². The van der Waals surface area contributed by atoms with E-state index in [2.05, 4.69) is 0 Å². The van der Waals surface area contributed by atoms with E-state index >= 15 is 0 Å². The summed E-state index contributed by atoms with van der Waals surface area (Å²) in [7, 11) is 0. The normalized spacial score (nSPS) is 17.8. The van der Waals surface area contributed by atoms with Crippen molar-refractivity contribution in [2.24, 2.45) is 0 Å². The molecule has 104 valence electrons. The van der Waals surface area contributed by atoms with Gasteiger partial charge in [-0.2, -0.15) is 0 Å². The summed E-state index contributed by atoms with van der Waals surface area (Å²) in [6.45, 7) is 0.685. The number of hydrogen-bond donors (Lipinski definition) is 1. The molecule has 0 radical (unpaired) electrons. The van der Waals surface area contributed by atoms with Crippen LogP contribution in [-0.2, 0) is 16.1 Å². The van der Waals surface area contributed by atoms with Gasteiger partial charge in [-0.15, -0.1) is 0 Å². The fourth-order valence-electron chi connectivity index (χ4n) is 2.73. The fraction of sp³-hybridized carbons (Fsp3) is 0.357. The first-order valence-corrected chi connectivity index (χ1v) is 6.50. The van der Waals surface area contributed by atoms with Crippen molar-refractivity contribution in [2.45, 2.75) is 19.4 Å². The predicted octanol–water partition coefficient (Wildman–Crippen LogP) is 0.854. The van der Waals surface area contributed by atoms with Gasteiger partial charge in [0.15, 0.2) is 0 Å². The van der Waals surface area contributed by atoms with E-state index in [9.17, 15) is 14.4 Å². The second kappa shape index (κ2) is 4.63. The third kappa shape index (κ3) is 2.03. The molecule has 0 saturated carbocycles. The molecule has 0 atom stereocenters. The number of benzene rings is 1. The number of amides is 2. The lowest BCUT2D eigenvalue weighted by molar-refractivity contribution is -0.137. The van der Waals surface area contributed by atoms with Crippen LogP contribution in [0.5, 0.6) is 0 Å². The van der Waals surface area contributed by atoms with Gasteiger partial charge in [-0.25, -0.2) is 0 Å². The minimum absolute atomic E-state index is 0.0674. The van der Waals surface area contributed by atoms with Gasteiger partial charge in [0, 0.05) is 30.8 Å². The molecule has 1 N–H and O–H groups in total. The van der Waals surface area contributed by atoms with Crippen LogP contribution in [0.25, 0.3) is 0 Å². The summed E-state index contributed by atoms with van der Waals surface area (Å²) < 4.78 is 0. The number of aliphatic carboxylic acids is 1. The Morgan fingerprint density at radius 2 is 2.10 bits per heavy atom. The largest absolute Gasteiger partial charge is 0.480 e. The molecule has 20 heavy (non-hydrogen) atoms. The SMILES string of the molecule is O=C(O)CN1Cc2ccc(N3CCCC3=O)cc2C1=O. The maximum Gasteiger partial charge on any atom is 0.323 e. The number of nitrogens with zero attached hydrogens (tertiary/aromatic N) is 2. The van der Waals surface area contributed by atoms with E-state index in [4.69, 9.17) is 5.11 Å². The molecular weight excluding hydrogens is 260 g/mol. The maximum absolute atomic E-state index is 12.1. The summed E-state index contributed by atoms with van der Waals surface area (Å²) in [6, 6.07) is 5.32. The predicted molar refractivity (Wildman–Crippen MR) is 70.4 cm³/mol.